The van der Waals surface area contributed by atoms with Crippen molar-refractivity contribution in [2.24, 2.45) is 0 Å². The molecule has 0 aliphatic carbocycles. The van der Waals surface area contributed by atoms with Gasteiger partial charge in [-0.15, -0.1) is 16.8 Å². The Hall–Kier alpha value is -1.80. The predicted octanol–water partition coefficient (Wildman–Crippen LogP) is 5.35. The summed E-state index contributed by atoms with van der Waals surface area (Å²) < 4.78 is 27.3. The highest BCUT2D eigenvalue weighted by Crippen LogP contribution is 2.31. The molecule has 0 radical (unpaired) electrons. The molecule has 0 N–H and O–H groups in total. The van der Waals surface area contributed by atoms with Crippen LogP contribution >= 0.6 is 35.0 Å². The van der Waals surface area contributed by atoms with Crippen molar-refractivity contribution >= 4 is 44.8 Å². The molecule has 3 rings (SSSR count). The van der Waals surface area contributed by atoms with Crippen LogP contribution in [0.3, 0.4) is 0 Å². The van der Waals surface area contributed by atoms with Crippen molar-refractivity contribution in [1.29, 1.82) is 0 Å². The van der Waals surface area contributed by atoms with Crippen LogP contribution in [0, 0.1) is 6.92 Å². The number of hydrogen-bond acceptors (Lipinski definition) is 5. The lowest BCUT2D eigenvalue weighted by atomic mass is 10.2. The van der Waals surface area contributed by atoms with Gasteiger partial charge in [0.15, 0.2) is 15.0 Å². The largest absolute Gasteiger partial charge is 0.301 e. The number of hydrogen-bond donors (Lipinski definition) is 0. The van der Waals surface area contributed by atoms with Crippen LogP contribution in [0.2, 0.25) is 10.0 Å². The summed E-state index contributed by atoms with van der Waals surface area (Å²) in [5.41, 5.74) is 1.79. The molecular weight excluding hydrogens is 449 g/mol. The molecule has 0 aliphatic rings. The van der Waals surface area contributed by atoms with Gasteiger partial charge in [-0.1, -0.05) is 64.8 Å². The molecule has 29 heavy (non-hydrogen) atoms. The second-order valence-electron chi connectivity index (χ2n) is 6.36. The first kappa shape index (κ1) is 21.9. The predicted molar refractivity (Wildman–Crippen MR) is 118 cm³/mol. The van der Waals surface area contributed by atoms with E-state index in [0.29, 0.717) is 33.3 Å². The number of allylic oxidation sites excluding steroid dienone is 1. The van der Waals surface area contributed by atoms with Crippen LogP contribution in [0.1, 0.15) is 17.0 Å². The standard InChI is InChI=1S/C20H19Cl2N3O2S2/c1-3-11-25-19(13-29(26,27)15-9-7-14(2)8-10-15)23-24-20(25)28-12-16-17(21)5-4-6-18(16)22/h3-10H,1,11-13H2,2H3. The SMILES string of the molecule is C=CCn1c(CS(=O)(=O)c2ccc(C)cc2)nnc1SCc1c(Cl)cccc1Cl. The summed E-state index contributed by atoms with van der Waals surface area (Å²) in [5.74, 6) is 0.598. The van der Waals surface area contributed by atoms with E-state index in [0.717, 1.165) is 11.1 Å². The van der Waals surface area contributed by atoms with Gasteiger partial charge in [0.1, 0.15) is 11.6 Å². The van der Waals surface area contributed by atoms with Crippen molar-refractivity contribution < 1.29 is 8.42 Å². The molecule has 0 spiro atoms. The lowest BCUT2D eigenvalue weighted by molar-refractivity contribution is 0.590. The number of thioether (sulfide) groups is 1. The zero-order valence-corrected chi connectivity index (χ0v) is 18.8. The number of sulfone groups is 1. The molecule has 5 nitrogen and oxygen atoms in total. The maximum absolute atomic E-state index is 12.8. The minimum Gasteiger partial charge on any atom is -0.301 e. The fraction of sp³-hybridized carbons (Fsp3) is 0.200. The number of halogens is 2. The second kappa shape index (κ2) is 9.34. The lowest BCUT2D eigenvalue weighted by Gasteiger charge is -2.10. The Kier molecular flexibility index (Phi) is 7.05. The number of nitrogens with zero attached hydrogens (tertiary/aromatic N) is 3. The maximum atomic E-state index is 12.8. The van der Waals surface area contributed by atoms with Crippen molar-refractivity contribution in [2.75, 3.05) is 0 Å². The first-order valence-electron chi connectivity index (χ1n) is 8.70. The molecular formula is C20H19Cl2N3O2S2. The molecule has 1 heterocycles. The van der Waals surface area contributed by atoms with Crippen molar-refractivity contribution in [3.63, 3.8) is 0 Å². The highest BCUT2D eigenvalue weighted by Gasteiger charge is 2.21. The van der Waals surface area contributed by atoms with Crippen LogP contribution in [0.25, 0.3) is 0 Å². The molecule has 0 bridgehead atoms. The van der Waals surface area contributed by atoms with Crippen molar-refractivity contribution in [2.45, 2.75) is 35.0 Å². The topological polar surface area (TPSA) is 64.8 Å². The van der Waals surface area contributed by atoms with E-state index in [1.54, 1.807) is 53.1 Å². The molecule has 0 aliphatic heterocycles. The van der Waals surface area contributed by atoms with Gasteiger partial charge in [0.2, 0.25) is 0 Å². The molecule has 0 saturated carbocycles. The third-order valence-corrected chi connectivity index (χ3v) is 7.54. The van der Waals surface area contributed by atoms with Gasteiger partial charge >= 0.3 is 0 Å². The Labute approximate surface area is 184 Å². The Morgan fingerprint density at radius 1 is 1.10 bits per heavy atom. The van der Waals surface area contributed by atoms with Crippen molar-refractivity contribution in [3.05, 3.63) is 82.1 Å². The van der Waals surface area contributed by atoms with Gasteiger partial charge in [0.05, 0.1) is 4.90 Å². The smallest absolute Gasteiger partial charge is 0.191 e. The van der Waals surface area contributed by atoms with Gasteiger partial charge in [-0.05, 0) is 36.8 Å². The summed E-state index contributed by atoms with van der Waals surface area (Å²) in [6.45, 7) is 6.05. The van der Waals surface area contributed by atoms with E-state index in [1.165, 1.54) is 11.8 Å². The maximum Gasteiger partial charge on any atom is 0.191 e. The lowest BCUT2D eigenvalue weighted by Crippen LogP contribution is -2.11. The number of aryl methyl sites for hydroxylation is 1. The van der Waals surface area contributed by atoms with E-state index in [2.05, 4.69) is 16.8 Å². The first-order valence-corrected chi connectivity index (χ1v) is 12.1. The van der Waals surface area contributed by atoms with Crippen LogP contribution in [-0.2, 0) is 27.9 Å². The summed E-state index contributed by atoms with van der Waals surface area (Å²) in [6.07, 6.45) is 1.68. The summed E-state index contributed by atoms with van der Waals surface area (Å²) in [7, 11) is -3.55. The van der Waals surface area contributed by atoms with E-state index in [1.807, 2.05) is 6.92 Å². The van der Waals surface area contributed by atoms with Gasteiger partial charge in [-0.3, -0.25) is 0 Å². The molecule has 0 unspecified atom stereocenters. The van der Waals surface area contributed by atoms with E-state index < -0.39 is 9.84 Å². The van der Waals surface area contributed by atoms with Gasteiger partial charge in [-0.2, -0.15) is 0 Å². The van der Waals surface area contributed by atoms with E-state index in [9.17, 15) is 8.42 Å². The highest BCUT2D eigenvalue weighted by molar-refractivity contribution is 7.98. The van der Waals surface area contributed by atoms with Crippen LogP contribution in [-0.4, -0.2) is 23.2 Å². The fourth-order valence-electron chi connectivity index (χ4n) is 2.65. The van der Waals surface area contributed by atoms with Crippen LogP contribution in [0.5, 0.6) is 0 Å². The monoisotopic (exact) mass is 467 g/mol. The number of benzene rings is 2. The van der Waals surface area contributed by atoms with Crippen molar-refractivity contribution in [1.82, 2.24) is 14.8 Å². The minimum atomic E-state index is -3.55. The Balaban J connectivity index is 1.85. The summed E-state index contributed by atoms with van der Waals surface area (Å²) >= 11 is 13.9. The van der Waals surface area contributed by atoms with Crippen LogP contribution < -0.4 is 0 Å². The van der Waals surface area contributed by atoms with Gasteiger partial charge in [0, 0.05) is 22.3 Å². The van der Waals surface area contributed by atoms with E-state index in [4.69, 9.17) is 23.2 Å². The number of rotatable bonds is 8. The minimum absolute atomic E-state index is 0.246. The quantitative estimate of drug-likeness (QED) is 0.330. The molecule has 152 valence electrons. The van der Waals surface area contributed by atoms with Crippen molar-refractivity contribution in [3.8, 4) is 0 Å². The molecule has 0 atom stereocenters. The summed E-state index contributed by atoms with van der Waals surface area (Å²) in [6, 6.07) is 12.1. The third-order valence-electron chi connectivity index (χ3n) is 4.21. The molecule has 3 aromatic rings. The Morgan fingerprint density at radius 2 is 1.76 bits per heavy atom. The van der Waals surface area contributed by atoms with Gasteiger partial charge in [0.25, 0.3) is 0 Å². The normalized spacial score (nSPS) is 11.6. The van der Waals surface area contributed by atoms with E-state index in [-0.39, 0.29) is 10.6 Å². The Morgan fingerprint density at radius 3 is 2.38 bits per heavy atom. The second-order valence-corrected chi connectivity index (χ2v) is 10.1. The zero-order chi connectivity index (χ0) is 21.0. The summed E-state index contributed by atoms with van der Waals surface area (Å²) in [4.78, 5) is 0.258. The molecule has 0 amide bonds. The average Bonchev–Trinajstić information content (AvgIpc) is 3.03. The number of aromatic nitrogens is 3. The highest BCUT2D eigenvalue weighted by atomic mass is 35.5. The molecule has 9 heteroatoms. The van der Waals surface area contributed by atoms with Crippen LogP contribution in [0.15, 0.2) is 65.2 Å². The van der Waals surface area contributed by atoms with Gasteiger partial charge < -0.3 is 4.57 Å². The van der Waals surface area contributed by atoms with Crippen LogP contribution in [0.4, 0.5) is 0 Å². The first-order chi connectivity index (χ1) is 13.8. The zero-order valence-electron chi connectivity index (χ0n) is 15.7. The third kappa shape index (κ3) is 5.22. The molecule has 0 saturated heterocycles. The molecule has 1 aromatic heterocycles. The molecule has 2 aromatic carbocycles. The van der Waals surface area contributed by atoms with E-state index >= 15 is 0 Å². The summed E-state index contributed by atoms with van der Waals surface area (Å²) in [5, 5.41) is 10.0. The Bertz CT molecular complexity index is 1110. The molecule has 0 fully saturated rings. The average molecular weight is 468 g/mol. The fourth-order valence-corrected chi connectivity index (χ4v) is 5.63. The van der Waals surface area contributed by atoms with Gasteiger partial charge in [-0.25, -0.2) is 8.42 Å².